The minimum Gasteiger partial charge on any atom is -0.256 e. The lowest BCUT2D eigenvalue weighted by Gasteiger charge is -2.07. The number of fused-ring (bicyclic) bond motifs is 1. The summed E-state index contributed by atoms with van der Waals surface area (Å²) in [5.74, 6) is 1.43. The second kappa shape index (κ2) is 3.79. The van der Waals surface area contributed by atoms with Gasteiger partial charge in [-0.3, -0.25) is 4.98 Å². The summed E-state index contributed by atoms with van der Waals surface area (Å²) in [6.07, 6.45) is 2.89. The average molecular weight is 184 g/mol. The van der Waals surface area contributed by atoms with E-state index in [0.717, 1.165) is 11.9 Å². The first-order chi connectivity index (χ1) is 6.77. The predicted molar refractivity (Wildman–Crippen MR) is 60.0 cm³/mol. The van der Waals surface area contributed by atoms with E-state index in [-0.39, 0.29) is 0 Å². The molecule has 0 saturated carbocycles. The number of hydrogen-bond donors (Lipinski definition) is 0. The molecule has 0 aliphatic heterocycles. The third kappa shape index (κ3) is 1.77. The highest BCUT2D eigenvalue weighted by Gasteiger charge is 2.02. The second-order valence-electron chi connectivity index (χ2n) is 3.87. The zero-order valence-electron chi connectivity index (χ0n) is 8.62. The summed E-state index contributed by atoms with van der Waals surface area (Å²) in [4.78, 5) is 4.34. The summed E-state index contributed by atoms with van der Waals surface area (Å²) >= 11 is 0. The summed E-state index contributed by atoms with van der Waals surface area (Å²) in [6.45, 7) is 4.32. The Morgan fingerprint density at radius 2 is 2.00 bits per heavy atom. The molecule has 14 heavy (non-hydrogen) atoms. The summed E-state index contributed by atoms with van der Waals surface area (Å²) in [5, 5.41) is 1.27. The molecule has 0 aliphatic carbocycles. The van der Waals surface area contributed by atoms with Gasteiger partial charge in [0.05, 0.1) is 5.52 Å². The van der Waals surface area contributed by atoms with E-state index in [1.807, 2.05) is 12.3 Å². The highest BCUT2D eigenvalue weighted by Crippen LogP contribution is 2.19. The van der Waals surface area contributed by atoms with E-state index in [4.69, 9.17) is 0 Å². The van der Waals surface area contributed by atoms with Crippen LogP contribution in [0.2, 0.25) is 0 Å². The van der Waals surface area contributed by atoms with E-state index in [0.29, 0.717) is 0 Å². The molecule has 1 aromatic carbocycles. The van der Waals surface area contributed by atoms with Crippen molar-refractivity contribution in [2.45, 2.75) is 20.3 Å². The molecular formula is C13H14N. The fourth-order valence-electron chi connectivity index (χ4n) is 1.70. The summed E-state index contributed by atoms with van der Waals surface area (Å²) in [7, 11) is 0. The van der Waals surface area contributed by atoms with Crippen LogP contribution in [0.4, 0.5) is 0 Å². The highest BCUT2D eigenvalue weighted by atomic mass is 14.6. The van der Waals surface area contributed by atoms with Crippen LogP contribution in [-0.2, 0) is 6.42 Å². The number of pyridine rings is 1. The van der Waals surface area contributed by atoms with Gasteiger partial charge in [0.2, 0.25) is 0 Å². The van der Waals surface area contributed by atoms with E-state index >= 15 is 0 Å². The lowest BCUT2D eigenvalue weighted by Crippen LogP contribution is -1.93. The highest BCUT2D eigenvalue weighted by molar-refractivity contribution is 5.82. The van der Waals surface area contributed by atoms with Gasteiger partial charge < -0.3 is 0 Å². The van der Waals surface area contributed by atoms with Gasteiger partial charge in [-0.1, -0.05) is 32.0 Å². The molecule has 1 heteroatoms. The molecule has 1 nitrogen and oxygen atoms in total. The molecule has 0 N–H and O–H groups in total. The topological polar surface area (TPSA) is 12.9 Å². The fourth-order valence-corrected chi connectivity index (χ4v) is 1.70. The van der Waals surface area contributed by atoms with Crippen molar-refractivity contribution in [1.29, 1.82) is 0 Å². The van der Waals surface area contributed by atoms with E-state index in [1.165, 1.54) is 16.9 Å². The van der Waals surface area contributed by atoms with Gasteiger partial charge in [-0.05, 0) is 30.0 Å². The zero-order chi connectivity index (χ0) is 9.97. The summed E-state index contributed by atoms with van der Waals surface area (Å²) in [6, 6.07) is 10.5. The second-order valence-corrected chi connectivity index (χ2v) is 3.87. The van der Waals surface area contributed by atoms with Crippen molar-refractivity contribution in [2.24, 2.45) is 0 Å². The molecule has 0 fully saturated rings. The molecule has 0 unspecified atom stereocenters. The van der Waals surface area contributed by atoms with E-state index in [9.17, 15) is 0 Å². The van der Waals surface area contributed by atoms with E-state index in [1.54, 1.807) is 0 Å². The third-order valence-electron chi connectivity index (χ3n) is 2.28. The van der Waals surface area contributed by atoms with Gasteiger partial charge in [0.25, 0.3) is 0 Å². The lowest BCUT2D eigenvalue weighted by molar-refractivity contribution is 0.964. The number of aromatic nitrogens is 1. The Morgan fingerprint density at radius 1 is 1.14 bits per heavy atom. The standard InChI is InChI=1S/C13H14N/c1-10(2)9-11-5-3-7-13-12(11)6-4-8-14-13/h3-8H,9H2,1-2H3. The molecule has 0 amide bonds. The van der Waals surface area contributed by atoms with Gasteiger partial charge in [0.1, 0.15) is 0 Å². The lowest BCUT2D eigenvalue weighted by atomic mass is 9.99. The van der Waals surface area contributed by atoms with E-state index < -0.39 is 0 Å². The van der Waals surface area contributed by atoms with Crippen molar-refractivity contribution in [1.82, 2.24) is 4.98 Å². The first-order valence-electron chi connectivity index (χ1n) is 4.89. The molecule has 1 radical (unpaired) electrons. The maximum Gasteiger partial charge on any atom is 0.0704 e. The molecule has 0 atom stereocenters. The van der Waals surface area contributed by atoms with E-state index in [2.05, 4.69) is 43.1 Å². The van der Waals surface area contributed by atoms with Crippen LogP contribution >= 0.6 is 0 Å². The van der Waals surface area contributed by atoms with Gasteiger partial charge >= 0.3 is 0 Å². The molecule has 71 valence electrons. The predicted octanol–water partition coefficient (Wildman–Crippen LogP) is 3.39. The van der Waals surface area contributed by atoms with Crippen LogP contribution in [0.25, 0.3) is 10.9 Å². The Labute approximate surface area is 84.8 Å². The summed E-state index contributed by atoms with van der Waals surface area (Å²) in [5.41, 5.74) is 2.46. The van der Waals surface area contributed by atoms with Crippen LogP contribution in [-0.4, -0.2) is 4.98 Å². The van der Waals surface area contributed by atoms with Crippen LogP contribution in [0.5, 0.6) is 0 Å². The Morgan fingerprint density at radius 3 is 2.79 bits per heavy atom. The monoisotopic (exact) mass is 184 g/mol. The quantitative estimate of drug-likeness (QED) is 0.697. The maximum absolute atomic E-state index is 4.34. The Hall–Kier alpha value is -1.37. The van der Waals surface area contributed by atoms with Crippen LogP contribution in [0.1, 0.15) is 19.4 Å². The van der Waals surface area contributed by atoms with Gasteiger partial charge in [0, 0.05) is 11.6 Å². The smallest absolute Gasteiger partial charge is 0.0704 e. The average Bonchev–Trinajstić information content (AvgIpc) is 2.18. The van der Waals surface area contributed by atoms with Gasteiger partial charge in [0.15, 0.2) is 0 Å². The largest absolute Gasteiger partial charge is 0.256 e. The Kier molecular flexibility index (Phi) is 2.49. The molecule has 0 aliphatic rings. The minimum absolute atomic E-state index is 1.04. The molecule has 0 saturated heterocycles. The molecule has 2 aromatic rings. The van der Waals surface area contributed by atoms with Crippen LogP contribution in [0.3, 0.4) is 0 Å². The molecule has 1 heterocycles. The number of hydrogen-bond acceptors (Lipinski definition) is 1. The van der Waals surface area contributed by atoms with Crippen LogP contribution in [0.15, 0.2) is 36.5 Å². The minimum atomic E-state index is 1.04. The molecule has 2 rings (SSSR count). The number of rotatable bonds is 2. The molecule has 1 aromatic heterocycles. The van der Waals surface area contributed by atoms with Crippen molar-refractivity contribution in [3.63, 3.8) is 0 Å². The zero-order valence-corrected chi connectivity index (χ0v) is 8.62. The summed E-state index contributed by atoms with van der Waals surface area (Å²) < 4.78 is 0. The molecular weight excluding hydrogens is 170 g/mol. The first kappa shape index (κ1) is 9.20. The van der Waals surface area contributed by atoms with Crippen LogP contribution < -0.4 is 0 Å². The Balaban J connectivity index is 2.53. The van der Waals surface area contributed by atoms with Crippen LogP contribution in [0, 0.1) is 5.92 Å². The SMILES string of the molecule is C[C](C)Cc1cccc2ncccc12. The first-order valence-corrected chi connectivity index (χ1v) is 4.89. The molecule has 0 spiro atoms. The van der Waals surface area contributed by atoms with Gasteiger partial charge in [-0.25, -0.2) is 0 Å². The van der Waals surface area contributed by atoms with Crippen molar-refractivity contribution in [3.05, 3.63) is 48.0 Å². The van der Waals surface area contributed by atoms with Gasteiger partial charge in [-0.2, -0.15) is 0 Å². The maximum atomic E-state index is 4.34. The Bertz CT molecular complexity index is 427. The number of nitrogens with zero attached hydrogens (tertiary/aromatic N) is 1. The van der Waals surface area contributed by atoms with Gasteiger partial charge in [-0.15, -0.1) is 0 Å². The van der Waals surface area contributed by atoms with Crippen molar-refractivity contribution in [2.75, 3.05) is 0 Å². The normalized spacial score (nSPS) is 11.1. The third-order valence-corrected chi connectivity index (χ3v) is 2.28. The van der Waals surface area contributed by atoms with Crippen molar-refractivity contribution >= 4 is 10.9 Å². The van der Waals surface area contributed by atoms with Crippen molar-refractivity contribution < 1.29 is 0 Å². The fraction of sp³-hybridized carbons (Fsp3) is 0.231. The molecule has 0 bridgehead atoms. The van der Waals surface area contributed by atoms with Crippen molar-refractivity contribution in [3.8, 4) is 0 Å². The number of benzene rings is 1.